The standard InChI is InChI=1S/C17H9ClN2O5S/c18-26(23,24)15-9-14-16(13-4-2-1-3-12(13)15)19-17(25-14)10-5-7-11(8-6-10)20(21)22/h1-9H. The van der Waals surface area contributed by atoms with Gasteiger partial charge in [-0.2, -0.15) is 0 Å². The maximum Gasteiger partial charge on any atom is 0.269 e. The van der Waals surface area contributed by atoms with Gasteiger partial charge in [0.2, 0.25) is 5.89 Å². The van der Waals surface area contributed by atoms with E-state index in [9.17, 15) is 18.5 Å². The first kappa shape index (κ1) is 16.5. The Morgan fingerprint density at radius 1 is 1.04 bits per heavy atom. The van der Waals surface area contributed by atoms with Crippen LogP contribution in [-0.4, -0.2) is 18.3 Å². The summed E-state index contributed by atoms with van der Waals surface area (Å²) in [4.78, 5) is 14.6. The van der Waals surface area contributed by atoms with Crippen LogP contribution in [0.1, 0.15) is 0 Å². The van der Waals surface area contributed by atoms with Gasteiger partial charge in [0.05, 0.1) is 9.82 Å². The van der Waals surface area contributed by atoms with Crippen LogP contribution in [-0.2, 0) is 9.05 Å². The summed E-state index contributed by atoms with van der Waals surface area (Å²) >= 11 is 0. The van der Waals surface area contributed by atoms with Crippen LogP contribution < -0.4 is 0 Å². The number of oxazole rings is 1. The van der Waals surface area contributed by atoms with Crippen LogP contribution in [0.5, 0.6) is 0 Å². The zero-order chi connectivity index (χ0) is 18.5. The summed E-state index contributed by atoms with van der Waals surface area (Å²) in [6.07, 6.45) is 0. The molecule has 1 aromatic heterocycles. The van der Waals surface area contributed by atoms with E-state index in [1.807, 2.05) is 0 Å². The Balaban J connectivity index is 1.98. The number of fused-ring (bicyclic) bond motifs is 3. The van der Waals surface area contributed by atoms with Crippen molar-refractivity contribution in [3.05, 3.63) is 64.7 Å². The average molecular weight is 389 g/mol. The monoisotopic (exact) mass is 388 g/mol. The van der Waals surface area contributed by atoms with Gasteiger partial charge in [0.15, 0.2) is 5.58 Å². The highest BCUT2D eigenvalue weighted by Gasteiger charge is 2.20. The molecule has 9 heteroatoms. The molecular formula is C17H9ClN2O5S. The number of hydrogen-bond acceptors (Lipinski definition) is 6. The molecule has 0 spiro atoms. The first-order chi connectivity index (χ1) is 12.3. The Morgan fingerprint density at radius 3 is 2.31 bits per heavy atom. The van der Waals surface area contributed by atoms with E-state index < -0.39 is 14.0 Å². The van der Waals surface area contributed by atoms with Crippen LogP contribution in [0.4, 0.5) is 5.69 Å². The minimum Gasteiger partial charge on any atom is -0.436 e. The van der Waals surface area contributed by atoms with E-state index in [0.717, 1.165) is 0 Å². The van der Waals surface area contributed by atoms with Crippen molar-refractivity contribution in [2.24, 2.45) is 0 Å². The summed E-state index contributed by atoms with van der Waals surface area (Å²) in [5.41, 5.74) is 1.23. The van der Waals surface area contributed by atoms with Gasteiger partial charge in [0.1, 0.15) is 5.52 Å². The Kier molecular flexibility index (Phi) is 3.67. The molecule has 130 valence electrons. The fourth-order valence-electron chi connectivity index (χ4n) is 2.77. The van der Waals surface area contributed by atoms with Gasteiger partial charge in [-0.05, 0) is 12.1 Å². The van der Waals surface area contributed by atoms with Crippen LogP contribution in [0.2, 0.25) is 0 Å². The Morgan fingerprint density at radius 2 is 1.69 bits per heavy atom. The molecule has 1 heterocycles. The average Bonchev–Trinajstić information content (AvgIpc) is 3.05. The van der Waals surface area contributed by atoms with Gasteiger partial charge >= 0.3 is 0 Å². The molecule has 0 aliphatic carbocycles. The van der Waals surface area contributed by atoms with Crippen LogP contribution in [0, 0.1) is 10.1 Å². The van der Waals surface area contributed by atoms with E-state index in [1.54, 1.807) is 24.3 Å². The third-order valence-electron chi connectivity index (χ3n) is 3.95. The van der Waals surface area contributed by atoms with Gasteiger partial charge in [-0.25, -0.2) is 13.4 Å². The number of hydrogen-bond donors (Lipinski definition) is 0. The fourth-order valence-corrected chi connectivity index (χ4v) is 3.85. The van der Waals surface area contributed by atoms with Crippen LogP contribution in [0.15, 0.2) is 63.9 Å². The van der Waals surface area contributed by atoms with Gasteiger partial charge in [-0.1, -0.05) is 24.3 Å². The Labute approximate surface area is 151 Å². The number of nitro benzene ring substituents is 1. The number of nitro groups is 1. The molecule has 0 bridgehead atoms. The third kappa shape index (κ3) is 2.69. The lowest BCUT2D eigenvalue weighted by molar-refractivity contribution is -0.384. The number of halogens is 1. The molecule has 0 radical (unpaired) electrons. The summed E-state index contributed by atoms with van der Waals surface area (Å²) < 4.78 is 29.5. The molecule has 0 fully saturated rings. The minimum atomic E-state index is -3.98. The molecule has 4 rings (SSSR count). The third-order valence-corrected chi connectivity index (χ3v) is 5.31. The van der Waals surface area contributed by atoms with E-state index in [0.29, 0.717) is 21.9 Å². The highest BCUT2D eigenvalue weighted by atomic mass is 35.7. The predicted octanol–water partition coefficient (Wildman–Crippen LogP) is 4.48. The zero-order valence-electron chi connectivity index (χ0n) is 12.9. The smallest absolute Gasteiger partial charge is 0.269 e. The normalized spacial score (nSPS) is 11.9. The zero-order valence-corrected chi connectivity index (χ0v) is 14.5. The molecule has 7 nitrogen and oxygen atoms in total. The Hall–Kier alpha value is -2.97. The van der Waals surface area contributed by atoms with Crippen LogP contribution in [0.3, 0.4) is 0 Å². The van der Waals surface area contributed by atoms with Crippen LogP contribution in [0.25, 0.3) is 33.3 Å². The summed E-state index contributed by atoms with van der Waals surface area (Å²) in [5, 5.41) is 11.8. The minimum absolute atomic E-state index is 0.0502. The summed E-state index contributed by atoms with van der Waals surface area (Å²) in [5.74, 6) is 0.226. The molecule has 0 saturated carbocycles. The number of nitrogens with zero attached hydrogens (tertiary/aromatic N) is 2. The maximum absolute atomic E-state index is 11.9. The number of rotatable bonds is 3. The molecule has 0 atom stereocenters. The molecule has 0 aliphatic heterocycles. The highest BCUT2D eigenvalue weighted by Crippen LogP contribution is 2.35. The van der Waals surface area contributed by atoms with Crippen molar-refractivity contribution >= 4 is 47.3 Å². The molecule has 26 heavy (non-hydrogen) atoms. The van der Waals surface area contributed by atoms with Crippen molar-refractivity contribution in [1.29, 1.82) is 0 Å². The second-order valence-electron chi connectivity index (χ2n) is 5.53. The van der Waals surface area contributed by atoms with Gasteiger partial charge in [-0.3, -0.25) is 10.1 Å². The SMILES string of the molecule is O=[N+]([O-])c1ccc(-c2nc3c(cc(S(=O)(=O)Cl)c4ccccc43)o2)cc1. The van der Waals surface area contributed by atoms with Crippen LogP contribution >= 0.6 is 10.7 Å². The van der Waals surface area contributed by atoms with Gasteiger partial charge in [0, 0.05) is 45.2 Å². The second-order valence-corrected chi connectivity index (χ2v) is 8.06. The lowest BCUT2D eigenvalue weighted by Gasteiger charge is -2.03. The fraction of sp³-hybridized carbons (Fsp3) is 0. The van der Waals surface area contributed by atoms with Crippen molar-refractivity contribution in [2.45, 2.75) is 4.90 Å². The maximum atomic E-state index is 11.9. The van der Waals surface area contributed by atoms with E-state index in [4.69, 9.17) is 15.1 Å². The molecule has 0 saturated heterocycles. The summed E-state index contributed by atoms with van der Waals surface area (Å²) in [6.45, 7) is 0. The second kappa shape index (κ2) is 5.79. The molecule has 0 unspecified atom stereocenters. The summed E-state index contributed by atoms with van der Waals surface area (Å²) in [7, 11) is 1.57. The van der Waals surface area contributed by atoms with E-state index in [-0.39, 0.29) is 22.1 Å². The first-order valence-electron chi connectivity index (χ1n) is 7.36. The van der Waals surface area contributed by atoms with E-state index in [2.05, 4.69) is 4.98 Å². The molecule has 0 amide bonds. The molecule has 4 aromatic rings. The van der Waals surface area contributed by atoms with Crippen molar-refractivity contribution in [2.75, 3.05) is 0 Å². The molecule has 0 aliphatic rings. The van der Waals surface area contributed by atoms with Crippen molar-refractivity contribution in [3.63, 3.8) is 0 Å². The van der Waals surface area contributed by atoms with E-state index in [1.165, 1.54) is 30.3 Å². The number of aromatic nitrogens is 1. The Bertz CT molecular complexity index is 1280. The quantitative estimate of drug-likeness (QED) is 0.291. The van der Waals surface area contributed by atoms with Crippen molar-refractivity contribution < 1.29 is 17.8 Å². The van der Waals surface area contributed by atoms with Crippen molar-refractivity contribution in [1.82, 2.24) is 4.98 Å². The van der Waals surface area contributed by atoms with Gasteiger partial charge in [0.25, 0.3) is 14.7 Å². The lowest BCUT2D eigenvalue weighted by Crippen LogP contribution is -1.92. The summed E-state index contributed by atoms with van der Waals surface area (Å²) in [6, 6.07) is 13.9. The lowest BCUT2D eigenvalue weighted by atomic mass is 10.1. The molecular weight excluding hydrogens is 380 g/mol. The van der Waals surface area contributed by atoms with Gasteiger partial charge < -0.3 is 4.42 Å². The predicted molar refractivity (Wildman–Crippen MR) is 96.6 cm³/mol. The van der Waals surface area contributed by atoms with Gasteiger partial charge in [-0.15, -0.1) is 0 Å². The van der Waals surface area contributed by atoms with E-state index >= 15 is 0 Å². The number of non-ortho nitro benzene ring substituents is 1. The highest BCUT2D eigenvalue weighted by molar-refractivity contribution is 8.14. The largest absolute Gasteiger partial charge is 0.436 e. The molecule has 3 aromatic carbocycles. The molecule has 0 N–H and O–H groups in total. The topological polar surface area (TPSA) is 103 Å². The number of benzene rings is 3. The van der Waals surface area contributed by atoms with Crippen molar-refractivity contribution in [3.8, 4) is 11.5 Å². The first-order valence-corrected chi connectivity index (χ1v) is 9.67.